The molecule has 0 saturated carbocycles. The highest BCUT2D eigenvalue weighted by atomic mass is 16.3. The number of aliphatic imine (C=N–C) groups is 1. The predicted molar refractivity (Wildman–Crippen MR) is 113 cm³/mol. The van der Waals surface area contributed by atoms with Gasteiger partial charge in [-0.25, -0.2) is 4.99 Å². The van der Waals surface area contributed by atoms with E-state index in [1.54, 1.807) is 18.5 Å². The van der Waals surface area contributed by atoms with Crippen molar-refractivity contribution in [3.05, 3.63) is 102 Å². The molecule has 1 heterocycles. The second-order valence-electron chi connectivity index (χ2n) is 6.10. The topological polar surface area (TPSA) is 69.9 Å². The molecule has 5 heteroatoms. The number of rotatable bonds is 4. The van der Waals surface area contributed by atoms with Gasteiger partial charge in [0.05, 0.1) is 11.9 Å². The first kappa shape index (κ1) is 17.4. The summed E-state index contributed by atoms with van der Waals surface area (Å²) < 4.78 is 0. The van der Waals surface area contributed by atoms with E-state index in [9.17, 15) is 5.11 Å². The van der Waals surface area contributed by atoms with Crippen molar-refractivity contribution >= 4 is 28.5 Å². The van der Waals surface area contributed by atoms with Crippen LogP contribution in [0.5, 0.6) is 5.75 Å². The summed E-state index contributed by atoms with van der Waals surface area (Å²) in [4.78, 5) is 8.96. The molecule has 2 N–H and O–H groups in total. The van der Waals surface area contributed by atoms with Gasteiger partial charge in [-0.2, -0.15) is 5.10 Å². The van der Waals surface area contributed by atoms with Crippen LogP contribution in [0.3, 0.4) is 0 Å². The Labute approximate surface area is 162 Å². The number of nitrogens with one attached hydrogen (secondary N) is 1. The van der Waals surface area contributed by atoms with Gasteiger partial charge in [-0.05, 0) is 41.1 Å². The zero-order valence-electron chi connectivity index (χ0n) is 15.0. The lowest BCUT2D eigenvalue weighted by Crippen LogP contribution is -2.20. The lowest BCUT2D eigenvalue weighted by atomic mass is 10.0. The van der Waals surface area contributed by atoms with E-state index < -0.39 is 0 Å². The van der Waals surface area contributed by atoms with Gasteiger partial charge < -0.3 is 5.11 Å². The second kappa shape index (κ2) is 8.14. The Morgan fingerprint density at radius 1 is 0.857 bits per heavy atom. The van der Waals surface area contributed by atoms with Crippen molar-refractivity contribution in [2.24, 2.45) is 10.1 Å². The molecule has 4 rings (SSSR count). The zero-order valence-corrected chi connectivity index (χ0v) is 15.0. The summed E-state index contributed by atoms with van der Waals surface area (Å²) in [6.45, 7) is 0. The maximum absolute atomic E-state index is 10.3. The van der Waals surface area contributed by atoms with Gasteiger partial charge in [0.1, 0.15) is 11.4 Å². The number of benzene rings is 3. The Balaban J connectivity index is 1.67. The quantitative estimate of drug-likeness (QED) is 0.314. The number of phenolic OH excluding ortho intramolecular Hbond substituents is 1. The van der Waals surface area contributed by atoms with Gasteiger partial charge in [0.2, 0.25) is 0 Å². The zero-order chi connectivity index (χ0) is 19.2. The molecule has 0 atom stereocenters. The van der Waals surface area contributed by atoms with E-state index in [0.717, 1.165) is 16.5 Å². The van der Waals surface area contributed by atoms with Crippen molar-refractivity contribution in [1.82, 2.24) is 10.4 Å². The Hall–Kier alpha value is -3.99. The minimum absolute atomic E-state index is 0.170. The summed E-state index contributed by atoms with van der Waals surface area (Å²) in [6, 6.07) is 26.6. The minimum atomic E-state index is 0.170. The summed E-state index contributed by atoms with van der Waals surface area (Å²) in [5.41, 5.74) is 5.08. The molecule has 0 fully saturated rings. The number of aromatic nitrogens is 1. The van der Waals surface area contributed by atoms with E-state index in [4.69, 9.17) is 0 Å². The fourth-order valence-corrected chi connectivity index (χ4v) is 2.85. The van der Waals surface area contributed by atoms with Crippen LogP contribution >= 0.6 is 0 Å². The molecule has 28 heavy (non-hydrogen) atoms. The van der Waals surface area contributed by atoms with Gasteiger partial charge >= 0.3 is 0 Å². The molecule has 4 aromatic rings. The fraction of sp³-hybridized carbons (Fsp3) is 0. The minimum Gasteiger partial charge on any atom is -0.507 e. The highest BCUT2D eigenvalue weighted by Crippen LogP contribution is 2.25. The molecule has 0 aliphatic heterocycles. The number of fused-ring (bicyclic) bond motifs is 1. The van der Waals surface area contributed by atoms with Crippen molar-refractivity contribution in [2.45, 2.75) is 0 Å². The number of para-hydroxylation sites is 1. The summed E-state index contributed by atoms with van der Waals surface area (Å²) in [7, 11) is 0. The molecule has 3 aromatic carbocycles. The monoisotopic (exact) mass is 366 g/mol. The number of nitrogens with zero attached hydrogens (tertiary/aromatic N) is 3. The van der Waals surface area contributed by atoms with Gasteiger partial charge in [-0.1, -0.05) is 54.6 Å². The van der Waals surface area contributed by atoms with E-state index in [1.807, 2.05) is 78.9 Å². The van der Waals surface area contributed by atoms with Gasteiger partial charge in [-0.15, -0.1) is 0 Å². The molecule has 0 saturated heterocycles. The SMILES string of the molecule is Oc1ccc2ccccc2c1C=NNC(=Nc1ccccc1)c1ccccn1. The first-order valence-corrected chi connectivity index (χ1v) is 8.86. The Kier molecular flexibility index (Phi) is 5.06. The number of hydrogen-bond donors (Lipinski definition) is 2. The van der Waals surface area contributed by atoms with Crippen LogP contribution in [-0.2, 0) is 0 Å². The molecule has 5 nitrogen and oxygen atoms in total. The number of hydrogen-bond acceptors (Lipinski definition) is 4. The van der Waals surface area contributed by atoms with Gasteiger partial charge in [0.25, 0.3) is 0 Å². The van der Waals surface area contributed by atoms with E-state index in [1.165, 1.54) is 0 Å². The molecular formula is C23H18N4O. The third-order valence-corrected chi connectivity index (χ3v) is 4.22. The Morgan fingerprint density at radius 2 is 1.64 bits per heavy atom. The molecule has 0 unspecified atom stereocenters. The summed E-state index contributed by atoms with van der Waals surface area (Å²) in [5, 5.41) is 16.5. The standard InChI is InChI=1S/C23H18N4O/c28-22-14-13-17-8-4-5-11-19(17)20(22)16-25-27-23(21-12-6-7-15-24-21)26-18-9-2-1-3-10-18/h1-16,28H,(H,26,27). The molecule has 1 aromatic heterocycles. The van der Waals surface area contributed by atoms with E-state index >= 15 is 0 Å². The van der Waals surface area contributed by atoms with Crippen LogP contribution in [-0.4, -0.2) is 22.1 Å². The van der Waals surface area contributed by atoms with Crippen LogP contribution in [0.4, 0.5) is 5.69 Å². The maximum atomic E-state index is 10.3. The number of amidine groups is 1. The number of phenols is 1. The molecule has 136 valence electrons. The van der Waals surface area contributed by atoms with E-state index in [0.29, 0.717) is 17.1 Å². The van der Waals surface area contributed by atoms with Crippen LogP contribution in [0.2, 0.25) is 0 Å². The maximum Gasteiger partial charge on any atom is 0.172 e. The highest BCUT2D eigenvalue weighted by Gasteiger charge is 2.06. The molecule has 0 bridgehead atoms. The molecule has 0 spiro atoms. The summed E-state index contributed by atoms with van der Waals surface area (Å²) >= 11 is 0. The van der Waals surface area contributed by atoms with Crippen molar-refractivity contribution in [3.63, 3.8) is 0 Å². The van der Waals surface area contributed by atoms with Gasteiger partial charge in [0, 0.05) is 11.8 Å². The Morgan fingerprint density at radius 3 is 2.46 bits per heavy atom. The van der Waals surface area contributed by atoms with Crippen molar-refractivity contribution in [1.29, 1.82) is 0 Å². The molecule has 0 aliphatic carbocycles. The lowest BCUT2D eigenvalue weighted by molar-refractivity contribution is 0.475. The van der Waals surface area contributed by atoms with E-state index in [2.05, 4.69) is 20.5 Å². The third-order valence-electron chi connectivity index (χ3n) is 4.22. The first-order valence-electron chi connectivity index (χ1n) is 8.86. The van der Waals surface area contributed by atoms with Crippen LogP contribution in [0.1, 0.15) is 11.3 Å². The van der Waals surface area contributed by atoms with Crippen LogP contribution in [0.25, 0.3) is 10.8 Å². The number of hydrazone groups is 1. The molecule has 0 aliphatic rings. The second-order valence-corrected chi connectivity index (χ2v) is 6.10. The van der Waals surface area contributed by atoms with Crippen LogP contribution in [0.15, 0.2) is 101 Å². The molecular weight excluding hydrogens is 348 g/mol. The van der Waals surface area contributed by atoms with Crippen LogP contribution < -0.4 is 5.43 Å². The van der Waals surface area contributed by atoms with Crippen molar-refractivity contribution in [3.8, 4) is 5.75 Å². The number of aromatic hydroxyl groups is 1. The third kappa shape index (κ3) is 3.88. The average molecular weight is 366 g/mol. The summed E-state index contributed by atoms with van der Waals surface area (Å²) in [5.74, 6) is 0.686. The number of pyridine rings is 1. The lowest BCUT2D eigenvalue weighted by Gasteiger charge is -2.07. The average Bonchev–Trinajstić information content (AvgIpc) is 2.76. The fourth-order valence-electron chi connectivity index (χ4n) is 2.85. The van der Waals surface area contributed by atoms with Gasteiger partial charge in [-0.3, -0.25) is 10.4 Å². The first-order chi connectivity index (χ1) is 13.8. The summed E-state index contributed by atoms with van der Waals surface area (Å²) in [6.07, 6.45) is 3.30. The van der Waals surface area contributed by atoms with Crippen LogP contribution in [0, 0.1) is 0 Å². The van der Waals surface area contributed by atoms with Gasteiger partial charge in [0.15, 0.2) is 5.84 Å². The predicted octanol–water partition coefficient (Wildman–Crippen LogP) is 4.64. The van der Waals surface area contributed by atoms with Crippen molar-refractivity contribution in [2.75, 3.05) is 0 Å². The highest BCUT2D eigenvalue weighted by molar-refractivity contribution is 6.03. The van der Waals surface area contributed by atoms with E-state index in [-0.39, 0.29) is 5.75 Å². The Bertz CT molecular complexity index is 1140. The molecule has 0 radical (unpaired) electrons. The smallest absolute Gasteiger partial charge is 0.172 e. The van der Waals surface area contributed by atoms with Crippen molar-refractivity contribution < 1.29 is 5.11 Å². The normalized spacial score (nSPS) is 11.8. The molecule has 0 amide bonds. The largest absolute Gasteiger partial charge is 0.507 e.